The smallest absolute Gasteiger partial charge is 0.371 e. The Morgan fingerprint density at radius 2 is 2.33 bits per heavy atom. The first kappa shape index (κ1) is 7.75. The molecular weight excluding hydrogens is 120 g/mol. The molecule has 0 aliphatic carbocycles. The molecule has 0 aromatic carbocycles. The first-order valence-electron chi connectivity index (χ1n) is 2.39. The van der Waals surface area contributed by atoms with Crippen molar-refractivity contribution in [2.75, 3.05) is 0 Å². The molecule has 50 valence electrons. The summed E-state index contributed by atoms with van der Waals surface area (Å²) in [6.07, 6.45) is 2.42. The molecule has 0 amide bonds. The Labute approximate surface area is 53.3 Å². The molecule has 0 saturated carbocycles. The van der Waals surface area contributed by atoms with Crippen molar-refractivity contribution < 1.29 is 14.6 Å². The number of carboxylic acids is 1. The van der Waals surface area contributed by atoms with E-state index < -0.39 is 5.97 Å². The zero-order valence-electron chi connectivity index (χ0n) is 5.13. The second-order valence-electron chi connectivity index (χ2n) is 1.24. The van der Waals surface area contributed by atoms with E-state index in [1.54, 1.807) is 6.92 Å². The minimum Gasteiger partial charge on any atom is -0.475 e. The van der Waals surface area contributed by atoms with E-state index in [0.29, 0.717) is 0 Å². The van der Waals surface area contributed by atoms with E-state index in [0.717, 1.165) is 6.26 Å². The fraction of sp³-hybridized carbons (Fsp3) is 0.167. The molecule has 1 N–H and O–H groups in total. The van der Waals surface area contributed by atoms with Crippen LogP contribution >= 0.6 is 0 Å². The van der Waals surface area contributed by atoms with Gasteiger partial charge in [0.25, 0.3) is 0 Å². The maximum Gasteiger partial charge on any atom is 0.371 e. The van der Waals surface area contributed by atoms with Crippen LogP contribution in [0.1, 0.15) is 6.92 Å². The number of aliphatic carboxylic acids is 1. The molecular formula is C6H8O3. The fourth-order valence-corrected chi connectivity index (χ4v) is 0.332. The molecule has 0 atom stereocenters. The number of rotatable bonds is 3. The Morgan fingerprint density at radius 3 is 2.44 bits per heavy atom. The zero-order chi connectivity index (χ0) is 7.28. The van der Waals surface area contributed by atoms with Gasteiger partial charge in [-0.05, 0) is 13.0 Å². The number of ether oxygens (including phenoxy) is 1. The summed E-state index contributed by atoms with van der Waals surface area (Å²) >= 11 is 0. The van der Waals surface area contributed by atoms with E-state index in [1.165, 1.54) is 6.08 Å². The van der Waals surface area contributed by atoms with Crippen LogP contribution in [0.15, 0.2) is 24.7 Å². The number of allylic oxidation sites excluding steroid dienone is 1. The predicted octanol–water partition coefficient (Wildman–Crippen LogP) is 1.13. The van der Waals surface area contributed by atoms with Gasteiger partial charge in [-0.2, -0.15) is 0 Å². The summed E-state index contributed by atoms with van der Waals surface area (Å²) in [5, 5.41) is 8.26. The topological polar surface area (TPSA) is 46.5 Å². The Morgan fingerprint density at radius 1 is 1.78 bits per heavy atom. The molecule has 0 bridgehead atoms. The molecule has 0 radical (unpaired) electrons. The van der Waals surface area contributed by atoms with E-state index >= 15 is 0 Å². The van der Waals surface area contributed by atoms with Crippen molar-refractivity contribution in [3.05, 3.63) is 24.7 Å². The highest BCUT2D eigenvalue weighted by Crippen LogP contribution is 1.95. The fourth-order valence-electron chi connectivity index (χ4n) is 0.332. The average Bonchev–Trinajstić information content (AvgIpc) is 1.82. The van der Waals surface area contributed by atoms with E-state index in [-0.39, 0.29) is 5.76 Å². The lowest BCUT2D eigenvalue weighted by Gasteiger charge is -1.96. The summed E-state index contributed by atoms with van der Waals surface area (Å²) in [5.74, 6) is -1.19. The lowest BCUT2D eigenvalue weighted by atomic mass is 10.5. The van der Waals surface area contributed by atoms with Gasteiger partial charge in [0.05, 0.1) is 6.26 Å². The Kier molecular flexibility index (Phi) is 3.20. The zero-order valence-corrected chi connectivity index (χ0v) is 5.13. The number of hydrogen-bond donors (Lipinski definition) is 1. The quantitative estimate of drug-likeness (QED) is 0.458. The highest BCUT2D eigenvalue weighted by molar-refractivity contribution is 5.84. The van der Waals surface area contributed by atoms with Gasteiger partial charge < -0.3 is 9.84 Å². The monoisotopic (exact) mass is 128 g/mol. The van der Waals surface area contributed by atoms with E-state index in [1.807, 2.05) is 0 Å². The second-order valence-corrected chi connectivity index (χ2v) is 1.24. The molecule has 3 heteroatoms. The number of carboxylic acid groups (broad SMARTS) is 1. The minimum atomic E-state index is -1.09. The second kappa shape index (κ2) is 3.72. The standard InChI is InChI=1S/C6H8O3/c1-3-5(6(7)8)9-4-2/h3-4H,2H2,1H3,(H,7,8)/b5-3-. The van der Waals surface area contributed by atoms with Crippen LogP contribution in [0.3, 0.4) is 0 Å². The van der Waals surface area contributed by atoms with Crippen molar-refractivity contribution in [1.29, 1.82) is 0 Å². The summed E-state index contributed by atoms with van der Waals surface area (Å²) in [6.45, 7) is 4.78. The molecule has 0 unspecified atom stereocenters. The van der Waals surface area contributed by atoms with Crippen LogP contribution in [0.5, 0.6) is 0 Å². The predicted molar refractivity (Wildman–Crippen MR) is 32.7 cm³/mol. The Bertz CT molecular complexity index is 146. The van der Waals surface area contributed by atoms with Crippen molar-refractivity contribution in [2.24, 2.45) is 0 Å². The van der Waals surface area contributed by atoms with Crippen LogP contribution in [0, 0.1) is 0 Å². The highest BCUT2D eigenvalue weighted by Gasteiger charge is 2.03. The first-order chi connectivity index (χ1) is 4.22. The molecule has 3 nitrogen and oxygen atoms in total. The normalized spacial score (nSPS) is 10.6. The third-order valence-electron chi connectivity index (χ3n) is 0.683. The van der Waals surface area contributed by atoms with Crippen LogP contribution in [0.4, 0.5) is 0 Å². The van der Waals surface area contributed by atoms with Gasteiger partial charge in [-0.3, -0.25) is 0 Å². The van der Waals surface area contributed by atoms with Crippen LogP contribution in [0.2, 0.25) is 0 Å². The van der Waals surface area contributed by atoms with Crippen molar-refractivity contribution in [3.63, 3.8) is 0 Å². The van der Waals surface area contributed by atoms with Gasteiger partial charge in [-0.15, -0.1) is 0 Å². The van der Waals surface area contributed by atoms with Gasteiger partial charge in [-0.1, -0.05) is 6.58 Å². The molecule has 0 aromatic rings. The largest absolute Gasteiger partial charge is 0.475 e. The van der Waals surface area contributed by atoms with Gasteiger partial charge in [0.15, 0.2) is 0 Å². The third-order valence-corrected chi connectivity index (χ3v) is 0.683. The molecule has 9 heavy (non-hydrogen) atoms. The van der Waals surface area contributed by atoms with Crippen LogP contribution in [-0.4, -0.2) is 11.1 Å². The van der Waals surface area contributed by atoms with E-state index in [2.05, 4.69) is 11.3 Å². The van der Waals surface area contributed by atoms with Crippen molar-refractivity contribution >= 4 is 5.97 Å². The average molecular weight is 128 g/mol. The molecule has 0 fully saturated rings. The summed E-state index contributed by atoms with van der Waals surface area (Å²) in [7, 11) is 0. The highest BCUT2D eigenvalue weighted by atomic mass is 16.5. The lowest BCUT2D eigenvalue weighted by Crippen LogP contribution is -2.00. The lowest BCUT2D eigenvalue weighted by molar-refractivity contribution is -0.135. The van der Waals surface area contributed by atoms with Gasteiger partial charge in [0.1, 0.15) is 0 Å². The summed E-state index contributed by atoms with van der Waals surface area (Å²) in [4.78, 5) is 10.1. The van der Waals surface area contributed by atoms with E-state index in [9.17, 15) is 4.79 Å². The molecule has 0 spiro atoms. The SMILES string of the molecule is C=CO/C(=C\C)C(=O)O. The number of hydrogen-bond acceptors (Lipinski definition) is 2. The van der Waals surface area contributed by atoms with Crippen LogP contribution in [0.25, 0.3) is 0 Å². The molecule has 0 rings (SSSR count). The van der Waals surface area contributed by atoms with E-state index in [4.69, 9.17) is 5.11 Å². The van der Waals surface area contributed by atoms with Gasteiger partial charge >= 0.3 is 5.97 Å². The third kappa shape index (κ3) is 2.54. The van der Waals surface area contributed by atoms with Crippen molar-refractivity contribution in [1.82, 2.24) is 0 Å². The molecule has 0 aliphatic heterocycles. The summed E-state index contributed by atoms with van der Waals surface area (Å²) in [5.41, 5.74) is 0. The Hall–Kier alpha value is -1.25. The van der Waals surface area contributed by atoms with Gasteiger partial charge in [0.2, 0.25) is 5.76 Å². The van der Waals surface area contributed by atoms with Crippen molar-refractivity contribution in [3.8, 4) is 0 Å². The maximum atomic E-state index is 10.1. The summed E-state index contributed by atoms with van der Waals surface area (Å²) < 4.78 is 4.48. The van der Waals surface area contributed by atoms with Crippen molar-refractivity contribution in [2.45, 2.75) is 6.92 Å². The maximum absolute atomic E-state index is 10.1. The molecule has 0 aliphatic rings. The first-order valence-corrected chi connectivity index (χ1v) is 2.39. The van der Waals surface area contributed by atoms with Gasteiger partial charge in [-0.25, -0.2) is 4.79 Å². The summed E-state index contributed by atoms with van der Waals surface area (Å²) in [6, 6.07) is 0. The van der Waals surface area contributed by atoms with Crippen LogP contribution in [-0.2, 0) is 9.53 Å². The number of carbonyl (C=O) groups is 1. The molecule has 0 saturated heterocycles. The Balaban J connectivity index is 4.00. The molecule has 0 heterocycles. The minimum absolute atomic E-state index is 0.106. The van der Waals surface area contributed by atoms with Crippen LogP contribution < -0.4 is 0 Å². The van der Waals surface area contributed by atoms with Gasteiger partial charge in [0, 0.05) is 0 Å². The molecule has 0 aromatic heterocycles.